The monoisotopic (exact) mass is 254 g/mol. The average molecular weight is 254 g/mol. The van der Waals surface area contributed by atoms with Gasteiger partial charge in [0.15, 0.2) is 0 Å². The zero-order valence-electron chi connectivity index (χ0n) is 10.1. The van der Waals surface area contributed by atoms with Crippen molar-refractivity contribution < 1.29 is 14.3 Å². The summed E-state index contributed by atoms with van der Waals surface area (Å²) in [6.07, 6.45) is 5.35. The van der Waals surface area contributed by atoms with Gasteiger partial charge in [0.1, 0.15) is 19.1 Å². The lowest BCUT2D eigenvalue weighted by Crippen LogP contribution is -2.45. The van der Waals surface area contributed by atoms with Crippen molar-refractivity contribution in [3.8, 4) is 0 Å². The Bertz CT molecular complexity index is 356. The Hall–Kier alpha value is -1.50. The van der Waals surface area contributed by atoms with Crippen LogP contribution >= 0.6 is 0 Å². The van der Waals surface area contributed by atoms with Gasteiger partial charge in [0.2, 0.25) is 0 Å². The number of hydrogen-bond acceptors (Lipinski definition) is 3. The predicted octanol–water partition coefficient (Wildman–Crippen LogP) is 0.283. The molecule has 0 radical (unpaired) electrons. The van der Waals surface area contributed by atoms with Crippen LogP contribution in [0.15, 0.2) is 0 Å². The first-order valence-electron chi connectivity index (χ1n) is 6.50. The number of nitrogens with one attached hydrogen (secondary N) is 3. The maximum Gasteiger partial charge on any atom is 0.322 e. The number of rotatable bonds is 3. The number of urea groups is 2. The van der Waals surface area contributed by atoms with Crippen LogP contribution in [0.4, 0.5) is 9.59 Å². The van der Waals surface area contributed by atoms with E-state index in [1.807, 2.05) is 0 Å². The molecule has 7 nitrogen and oxygen atoms in total. The van der Waals surface area contributed by atoms with Gasteiger partial charge in [-0.2, -0.15) is 0 Å². The molecule has 100 valence electrons. The van der Waals surface area contributed by atoms with Gasteiger partial charge in [0.25, 0.3) is 0 Å². The van der Waals surface area contributed by atoms with Gasteiger partial charge in [0, 0.05) is 0 Å². The minimum Gasteiger partial charge on any atom is -0.358 e. The van der Waals surface area contributed by atoms with E-state index in [-0.39, 0.29) is 37.2 Å². The van der Waals surface area contributed by atoms with Crippen LogP contribution in [-0.2, 0) is 4.74 Å². The Kier molecular flexibility index (Phi) is 2.99. The minimum atomic E-state index is -0.347. The Morgan fingerprint density at radius 2 is 1.89 bits per heavy atom. The second-order valence-corrected chi connectivity index (χ2v) is 5.02. The summed E-state index contributed by atoms with van der Waals surface area (Å²) in [6, 6.07) is -0.457. The molecular formula is C11H18N4O3. The lowest BCUT2D eigenvalue weighted by atomic mass is 9.98. The molecule has 1 aliphatic carbocycles. The molecule has 4 amide bonds. The molecule has 2 saturated heterocycles. The molecule has 0 aromatic heterocycles. The molecule has 0 aromatic rings. The zero-order chi connectivity index (χ0) is 12.5. The molecule has 2 unspecified atom stereocenters. The summed E-state index contributed by atoms with van der Waals surface area (Å²) in [4.78, 5) is 24.4. The number of carbonyl (C=O) groups excluding carboxylic acids is 2. The predicted molar refractivity (Wildman–Crippen MR) is 62.4 cm³/mol. The van der Waals surface area contributed by atoms with Gasteiger partial charge in [-0.3, -0.25) is 4.90 Å². The number of carbonyl (C=O) groups is 2. The molecular weight excluding hydrogens is 236 g/mol. The number of nitrogens with zero attached hydrogens (tertiary/aromatic N) is 1. The Morgan fingerprint density at radius 1 is 1.11 bits per heavy atom. The molecule has 1 saturated carbocycles. The summed E-state index contributed by atoms with van der Waals surface area (Å²) in [5, 5.41) is 8.03. The van der Waals surface area contributed by atoms with Gasteiger partial charge in [-0.05, 0) is 12.8 Å². The molecule has 3 rings (SSSR count). The van der Waals surface area contributed by atoms with E-state index in [9.17, 15) is 9.59 Å². The highest BCUT2D eigenvalue weighted by atomic mass is 16.5. The van der Waals surface area contributed by atoms with Crippen LogP contribution in [0.3, 0.4) is 0 Å². The normalized spacial score (nSPS) is 31.9. The van der Waals surface area contributed by atoms with E-state index in [1.165, 1.54) is 24.2 Å². The summed E-state index contributed by atoms with van der Waals surface area (Å²) in [5.41, 5.74) is 0. The highest BCUT2D eigenvalue weighted by Crippen LogP contribution is 2.21. The van der Waals surface area contributed by atoms with E-state index in [1.54, 1.807) is 0 Å². The molecule has 2 atom stereocenters. The quantitative estimate of drug-likeness (QED) is 0.676. The van der Waals surface area contributed by atoms with Crippen molar-refractivity contribution in [3.63, 3.8) is 0 Å². The van der Waals surface area contributed by atoms with E-state index < -0.39 is 0 Å². The minimum absolute atomic E-state index is 0.201. The molecule has 2 heterocycles. The topological polar surface area (TPSA) is 82.7 Å². The maximum atomic E-state index is 11.7. The van der Waals surface area contributed by atoms with Gasteiger partial charge in [-0.25, -0.2) is 9.59 Å². The lowest BCUT2D eigenvalue weighted by Gasteiger charge is -2.26. The summed E-state index contributed by atoms with van der Waals surface area (Å²) in [6.45, 7) is 0.236. The molecule has 7 heteroatoms. The van der Waals surface area contributed by atoms with Crippen molar-refractivity contribution >= 4 is 12.1 Å². The standard InChI is InChI=1S/C11H18N4O3/c16-10-12-8-9(14-10)15(11(17)13-8)6-18-7-4-2-1-3-5-7/h7-9H,1-6H2,(H,13,17)(H2,12,14,16). The largest absolute Gasteiger partial charge is 0.358 e. The molecule has 3 fully saturated rings. The van der Waals surface area contributed by atoms with Crippen LogP contribution in [0.25, 0.3) is 0 Å². The van der Waals surface area contributed by atoms with Crippen LogP contribution in [-0.4, -0.2) is 42.1 Å². The fourth-order valence-electron chi connectivity index (χ4n) is 2.75. The SMILES string of the molecule is O=C1NC2NC(=O)N(COC3CCCCC3)C2N1. The second kappa shape index (κ2) is 4.64. The summed E-state index contributed by atoms with van der Waals surface area (Å²) < 4.78 is 5.77. The molecule has 0 aromatic carbocycles. The van der Waals surface area contributed by atoms with Crippen LogP contribution < -0.4 is 16.0 Å². The number of ether oxygens (including phenoxy) is 1. The smallest absolute Gasteiger partial charge is 0.322 e. The van der Waals surface area contributed by atoms with Crippen LogP contribution in [0.1, 0.15) is 32.1 Å². The molecule has 2 aliphatic heterocycles. The fraction of sp³-hybridized carbons (Fsp3) is 0.818. The van der Waals surface area contributed by atoms with Crippen molar-refractivity contribution in [1.82, 2.24) is 20.9 Å². The van der Waals surface area contributed by atoms with Crippen LogP contribution in [0.5, 0.6) is 0 Å². The third kappa shape index (κ3) is 2.10. The molecule has 0 bridgehead atoms. The average Bonchev–Trinajstić information content (AvgIpc) is 2.84. The van der Waals surface area contributed by atoms with Crippen molar-refractivity contribution in [1.29, 1.82) is 0 Å². The van der Waals surface area contributed by atoms with E-state index in [0.717, 1.165) is 12.8 Å². The van der Waals surface area contributed by atoms with Gasteiger partial charge in [0.05, 0.1) is 6.10 Å². The first kappa shape index (κ1) is 11.6. The molecule has 3 aliphatic rings. The first-order chi connectivity index (χ1) is 8.74. The summed E-state index contributed by atoms with van der Waals surface area (Å²) in [5.74, 6) is 0. The van der Waals surface area contributed by atoms with Gasteiger partial charge >= 0.3 is 12.1 Å². The summed E-state index contributed by atoms with van der Waals surface area (Å²) in [7, 11) is 0. The van der Waals surface area contributed by atoms with Crippen LogP contribution in [0, 0.1) is 0 Å². The number of amides is 4. The van der Waals surface area contributed by atoms with E-state index in [2.05, 4.69) is 16.0 Å². The Labute approximate surface area is 105 Å². The van der Waals surface area contributed by atoms with Gasteiger partial charge in [-0.1, -0.05) is 19.3 Å². The fourth-order valence-corrected chi connectivity index (χ4v) is 2.75. The lowest BCUT2D eigenvalue weighted by molar-refractivity contribution is -0.0294. The molecule has 3 N–H and O–H groups in total. The maximum absolute atomic E-state index is 11.7. The zero-order valence-corrected chi connectivity index (χ0v) is 10.1. The second-order valence-electron chi connectivity index (χ2n) is 5.02. The highest BCUT2D eigenvalue weighted by Gasteiger charge is 2.45. The van der Waals surface area contributed by atoms with Crippen molar-refractivity contribution in [2.75, 3.05) is 6.73 Å². The first-order valence-corrected chi connectivity index (χ1v) is 6.50. The molecule has 0 spiro atoms. The third-order valence-corrected chi connectivity index (χ3v) is 3.76. The van der Waals surface area contributed by atoms with Gasteiger partial charge < -0.3 is 20.7 Å². The third-order valence-electron chi connectivity index (χ3n) is 3.76. The number of fused-ring (bicyclic) bond motifs is 1. The number of hydrogen-bond donors (Lipinski definition) is 3. The van der Waals surface area contributed by atoms with Gasteiger partial charge in [-0.15, -0.1) is 0 Å². The van der Waals surface area contributed by atoms with Crippen molar-refractivity contribution in [2.45, 2.75) is 50.5 Å². The Balaban J connectivity index is 1.54. The van der Waals surface area contributed by atoms with Crippen LogP contribution in [0.2, 0.25) is 0 Å². The highest BCUT2D eigenvalue weighted by molar-refractivity contribution is 5.84. The van der Waals surface area contributed by atoms with E-state index in [4.69, 9.17) is 4.74 Å². The molecule has 18 heavy (non-hydrogen) atoms. The van der Waals surface area contributed by atoms with E-state index >= 15 is 0 Å². The van der Waals surface area contributed by atoms with Crippen molar-refractivity contribution in [2.24, 2.45) is 0 Å². The Morgan fingerprint density at radius 3 is 2.67 bits per heavy atom. The van der Waals surface area contributed by atoms with Crippen molar-refractivity contribution in [3.05, 3.63) is 0 Å². The summed E-state index contributed by atoms with van der Waals surface area (Å²) >= 11 is 0. The van der Waals surface area contributed by atoms with E-state index in [0.29, 0.717) is 0 Å².